The third kappa shape index (κ3) is 3.63. The molecule has 3 amide bonds. The number of primary amides is 1. The molecular weight excluding hydrogens is 382 g/mol. The lowest BCUT2D eigenvalue weighted by atomic mass is 10.0. The van der Waals surface area contributed by atoms with Gasteiger partial charge in [0.05, 0.1) is 7.11 Å². The summed E-state index contributed by atoms with van der Waals surface area (Å²) in [7, 11) is 1.63. The standard InChI is InChI=1S/C23H25N3O4/c1-30-18-5-2-4-16(14-18)15-7-9-17(10-8-15)25-20(27)19-6-3-13-26(19)22(29)23(11-12-23)21(24)28/h2,4-5,7-10,14,19H,3,6,11-13H2,1H3,(H2,24,28)(H,25,27)/t19-/m0/s1. The van der Waals surface area contributed by atoms with Gasteiger partial charge in [-0.25, -0.2) is 0 Å². The molecule has 1 saturated heterocycles. The Bertz CT molecular complexity index is 982. The zero-order valence-corrected chi connectivity index (χ0v) is 16.9. The van der Waals surface area contributed by atoms with Crippen LogP contribution in [0.5, 0.6) is 5.75 Å². The highest BCUT2D eigenvalue weighted by atomic mass is 16.5. The van der Waals surface area contributed by atoms with Gasteiger partial charge in [0.15, 0.2) is 0 Å². The molecule has 4 rings (SSSR count). The van der Waals surface area contributed by atoms with Gasteiger partial charge in [0.25, 0.3) is 0 Å². The average Bonchev–Trinajstić information content (AvgIpc) is 3.44. The first-order chi connectivity index (χ1) is 14.4. The first kappa shape index (κ1) is 19.9. The number of rotatable bonds is 6. The number of carbonyl (C=O) groups excluding carboxylic acids is 3. The van der Waals surface area contributed by atoms with E-state index in [-0.39, 0.29) is 11.8 Å². The number of nitrogens with two attached hydrogens (primary N) is 1. The van der Waals surface area contributed by atoms with Gasteiger partial charge in [0.1, 0.15) is 17.2 Å². The third-order valence-electron chi connectivity index (χ3n) is 6.00. The van der Waals surface area contributed by atoms with Crippen LogP contribution in [0.3, 0.4) is 0 Å². The second-order valence-electron chi connectivity index (χ2n) is 7.90. The Morgan fingerprint density at radius 3 is 2.47 bits per heavy atom. The summed E-state index contributed by atoms with van der Waals surface area (Å²) in [4.78, 5) is 38.9. The molecule has 1 aliphatic carbocycles. The lowest BCUT2D eigenvalue weighted by Crippen LogP contribution is -2.49. The minimum Gasteiger partial charge on any atom is -0.497 e. The monoisotopic (exact) mass is 407 g/mol. The third-order valence-corrected chi connectivity index (χ3v) is 6.00. The van der Waals surface area contributed by atoms with Gasteiger partial charge >= 0.3 is 0 Å². The number of nitrogens with one attached hydrogen (secondary N) is 1. The number of hydrogen-bond donors (Lipinski definition) is 2. The minimum atomic E-state index is -1.10. The van der Waals surface area contributed by atoms with Crippen molar-refractivity contribution in [1.82, 2.24) is 4.90 Å². The predicted octanol–water partition coefficient (Wildman–Crippen LogP) is 2.56. The van der Waals surface area contributed by atoms with E-state index >= 15 is 0 Å². The molecule has 156 valence electrons. The first-order valence-corrected chi connectivity index (χ1v) is 10.1. The highest BCUT2D eigenvalue weighted by molar-refractivity contribution is 6.09. The van der Waals surface area contributed by atoms with Crippen LogP contribution in [0.1, 0.15) is 25.7 Å². The van der Waals surface area contributed by atoms with Crippen LogP contribution in [-0.4, -0.2) is 42.3 Å². The maximum Gasteiger partial charge on any atom is 0.247 e. The summed E-state index contributed by atoms with van der Waals surface area (Å²) in [6.07, 6.45) is 2.25. The van der Waals surface area contributed by atoms with E-state index in [9.17, 15) is 14.4 Å². The summed E-state index contributed by atoms with van der Waals surface area (Å²) in [6.45, 7) is 0.473. The molecule has 0 bridgehead atoms. The number of benzene rings is 2. The highest BCUT2D eigenvalue weighted by Gasteiger charge is 2.58. The van der Waals surface area contributed by atoms with Gasteiger partial charge in [-0.3, -0.25) is 14.4 Å². The molecule has 0 aromatic heterocycles. The normalized spacial score (nSPS) is 19.2. The first-order valence-electron chi connectivity index (χ1n) is 10.1. The molecule has 0 radical (unpaired) electrons. The highest BCUT2D eigenvalue weighted by Crippen LogP contribution is 2.48. The van der Waals surface area contributed by atoms with Gasteiger partial charge in [0, 0.05) is 12.2 Å². The van der Waals surface area contributed by atoms with Crippen molar-refractivity contribution in [1.29, 1.82) is 0 Å². The molecule has 0 spiro atoms. The van der Waals surface area contributed by atoms with Crippen LogP contribution in [0.25, 0.3) is 11.1 Å². The Balaban J connectivity index is 1.44. The molecule has 30 heavy (non-hydrogen) atoms. The largest absolute Gasteiger partial charge is 0.497 e. The number of nitrogens with zero attached hydrogens (tertiary/aromatic N) is 1. The van der Waals surface area contributed by atoms with E-state index in [2.05, 4.69) is 5.32 Å². The number of amides is 3. The molecule has 1 heterocycles. The van der Waals surface area contributed by atoms with E-state index in [0.29, 0.717) is 31.5 Å². The summed E-state index contributed by atoms with van der Waals surface area (Å²) in [6, 6.07) is 14.7. The SMILES string of the molecule is COc1cccc(-c2ccc(NC(=O)[C@@H]3CCCN3C(=O)C3(C(N)=O)CC3)cc2)c1. The quantitative estimate of drug-likeness (QED) is 0.719. The van der Waals surface area contributed by atoms with Gasteiger partial charge in [-0.15, -0.1) is 0 Å². The van der Waals surface area contributed by atoms with Crippen molar-refractivity contribution in [2.75, 3.05) is 19.0 Å². The fourth-order valence-corrected chi connectivity index (χ4v) is 4.02. The zero-order valence-electron chi connectivity index (χ0n) is 16.9. The van der Waals surface area contributed by atoms with Crippen molar-refractivity contribution >= 4 is 23.4 Å². The van der Waals surface area contributed by atoms with Crippen LogP contribution in [0, 0.1) is 5.41 Å². The number of likely N-dealkylation sites (tertiary alicyclic amines) is 1. The molecule has 2 aliphatic rings. The molecule has 7 heteroatoms. The van der Waals surface area contributed by atoms with Crippen molar-refractivity contribution in [2.24, 2.45) is 11.1 Å². The maximum atomic E-state index is 12.8. The molecule has 0 unspecified atom stereocenters. The topological polar surface area (TPSA) is 102 Å². The molecule has 3 N–H and O–H groups in total. The van der Waals surface area contributed by atoms with E-state index in [1.54, 1.807) is 7.11 Å². The van der Waals surface area contributed by atoms with Gasteiger partial charge in [0.2, 0.25) is 17.7 Å². The smallest absolute Gasteiger partial charge is 0.247 e. The van der Waals surface area contributed by atoms with Crippen LogP contribution >= 0.6 is 0 Å². The van der Waals surface area contributed by atoms with Crippen LogP contribution in [0.15, 0.2) is 48.5 Å². The van der Waals surface area contributed by atoms with E-state index < -0.39 is 17.4 Å². The number of methoxy groups -OCH3 is 1. The number of hydrogen-bond acceptors (Lipinski definition) is 4. The fraction of sp³-hybridized carbons (Fsp3) is 0.348. The average molecular weight is 407 g/mol. The van der Waals surface area contributed by atoms with Crippen LogP contribution in [0.2, 0.25) is 0 Å². The van der Waals surface area contributed by atoms with Crippen molar-refractivity contribution in [3.63, 3.8) is 0 Å². The maximum absolute atomic E-state index is 12.8. The van der Waals surface area contributed by atoms with Crippen LogP contribution < -0.4 is 15.8 Å². The Morgan fingerprint density at radius 2 is 1.83 bits per heavy atom. The van der Waals surface area contributed by atoms with E-state index in [0.717, 1.165) is 23.3 Å². The lowest BCUT2D eigenvalue weighted by molar-refractivity contribution is -0.146. The molecule has 1 saturated carbocycles. The van der Waals surface area contributed by atoms with E-state index in [1.807, 2.05) is 48.5 Å². The van der Waals surface area contributed by atoms with Crippen molar-refractivity contribution in [3.05, 3.63) is 48.5 Å². The molecular formula is C23H25N3O4. The number of carbonyl (C=O) groups is 3. The Hall–Kier alpha value is -3.35. The van der Waals surface area contributed by atoms with Crippen LogP contribution in [-0.2, 0) is 14.4 Å². The van der Waals surface area contributed by atoms with E-state index in [1.165, 1.54) is 4.90 Å². The summed E-state index contributed by atoms with van der Waals surface area (Å²) >= 11 is 0. The van der Waals surface area contributed by atoms with Crippen molar-refractivity contribution in [3.8, 4) is 16.9 Å². The summed E-state index contributed by atoms with van der Waals surface area (Å²) < 4.78 is 5.26. The summed E-state index contributed by atoms with van der Waals surface area (Å²) in [5, 5.41) is 2.90. The number of anilines is 1. The molecule has 2 aromatic carbocycles. The Kier molecular flexibility index (Phi) is 5.20. The van der Waals surface area contributed by atoms with E-state index in [4.69, 9.17) is 10.5 Å². The van der Waals surface area contributed by atoms with Gasteiger partial charge in [-0.05, 0) is 61.1 Å². The number of ether oxygens (including phenoxy) is 1. The Morgan fingerprint density at radius 1 is 1.10 bits per heavy atom. The molecule has 2 aromatic rings. The molecule has 2 fully saturated rings. The lowest BCUT2D eigenvalue weighted by Gasteiger charge is -2.27. The summed E-state index contributed by atoms with van der Waals surface area (Å²) in [5.41, 5.74) is 7.01. The fourth-order valence-electron chi connectivity index (χ4n) is 4.02. The van der Waals surface area contributed by atoms with Crippen molar-refractivity contribution in [2.45, 2.75) is 31.7 Å². The molecule has 7 nitrogen and oxygen atoms in total. The second kappa shape index (κ2) is 7.82. The molecule has 1 aliphatic heterocycles. The van der Waals surface area contributed by atoms with Gasteiger partial charge < -0.3 is 20.7 Å². The minimum absolute atomic E-state index is 0.241. The summed E-state index contributed by atoms with van der Waals surface area (Å²) in [5.74, 6) is -0.358. The Labute approximate surface area is 175 Å². The van der Waals surface area contributed by atoms with Gasteiger partial charge in [-0.2, -0.15) is 0 Å². The van der Waals surface area contributed by atoms with Crippen molar-refractivity contribution < 1.29 is 19.1 Å². The predicted molar refractivity (Wildman–Crippen MR) is 113 cm³/mol. The zero-order chi connectivity index (χ0) is 21.3. The second-order valence-corrected chi connectivity index (χ2v) is 7.90. The molecule has 1 atom stereocenters. The van der Waals surface area contributed by atoms with Crippen LogP contribution in [0.4, 0.5) is 5.69 Å². The van der Waals surface area contributed by atoms with Gasteiger partial charge in [-0.1, -0.05) is 24.3 Å².